The predicted octanol–water partition coefficient (Wildman–Crippen LogP) is -12.2. The molecule has 1 atom stereocenters. The van der Waals surface area contributed by atoms with Crippen LogP contribution in [0.25, 0.3) is 0 Å². The van der Waals surface area contributed by atoms with E-state index in [4.69, 9.17) is 25.3 Å². The Morgan fingerprint density at radius 2 is 1.35 bits per heavy atom. The zero-order chi connectivity index (χ0) is 11.0. The van der Waals surface area contributed by atoms with Crippen molar-refractivity contribution in [3.63, 3.8) is 0 Å². The third-order valence-electron chi connectivity index (χ3n) is 1.36. The molecule has 0 aliphatic carbocycles. The maximum Gasteiger partial charge on any atom is 1.00 e. The van der Waals surface area contributed by atoms with E-state index in [0.29, 0.717) is 0 Å². The van der Waals surface area contributed by atoms with Gasteiger partial charge in [-0.05, 0) is 5.56 Å². The fourth-order valence-electron chi connectivity index (χ4n) is 0.781. The van der Waals surface area contributed by atoms with Crippen LogP contribution in [0.5, 0.6) is 0 Å². The quantitative estimate of drug-likeness (QED) is 0.527. The molecule has 0 radical (unpaired) electrons. The van der Waals surface area contributed by atoms with E-state index in [1.807, 2.05) is 18.2 Å². The van der Waals surface area contributed by atoms with Crippen LogP contribution in [0.2, 0.25) is 0 Å². The first-order valence-corrected chi connectivity index (χ1v) is 3.89. The molecular weight excluding hydrogens is 304 g/mol. The van der Waals surface area contributed by atoms with Crippen LogP contribution in [0, 0.1) is 0 Å². The second-order valence-corrected chi connectivity index (χ2v) is 2.40. The fraction of sp³-hybridized carbons (Fsp3) is 0.250. The molecule has 0 aromatic heterocycles. The summed E-state index contributed by atoms with van der Waals surface area (Å²) in [5.74, 6) is 0. The zero-order valence-electron chi connectivity index (χ0n) is 10.4. The van der Waals surface area contributed by atoms with Crippen molar-refractivity contribution in [3.8, 4) is 0 Å². The molecule has 0 aliphatic heterocycles. The molecule has 0 spiro atoms. The van der Waals surface area contributed by atoms with Gasteiger partial charge in [0.05, 0.1) is 6.61 Å². The summed E-state index contributed by atoms with van der Waals surface area (Å²) in [5.41, 5.74) is 0.755. The largest absolute Gasteiger partial charge is 1.00 e. The van der Waals surface area contributed by atoms with Crippen LogP contribution < -0.4 is 169 Å². The molecule has 0 aliphatic rings. The molecule has 0 bridgehead atoms. The van der Waals surface area contributed by atoms with Crippen molar-refractivity contribution in [2.45, 2.75) is 6.10 Å². The molecule has 0 heterocycles. The zero-order valence-corrected chi connectivity index (χ0v) is 19.7. The van der Waals surface area contributed by atoms with Crippen LogP contribution in [0.3, 0.4) is 0 Å². The molecule has 0 saturated heterocycles. The monoisotopic (exact) mass is 314 g/mol. The molecule has 1 rings (SSSR count). The van der Waals surface area contributed by atoms with Crippen molar-refractivity contribution in [1.29, 1.82) is 0 Å². The van der Waals surface area contributed by atoms with E-state index < -0.39 is 13.4 Å². The van der Waals surface area contributed by atoms with Gasteiger partial charge in [-0.15, -0.1) is 0 Å². The minimum absolute atomic E-state index is 0. The van der Waals surface area contributed by atoms with Crippen LogP contribution >= 0.6 is 0 Å². The molecule has 5 nitrogen and oxygen atoms in total. The summed E-state index contributed by atoms with van der Waals surface area (Å²) >= 11 is 0. The van der Waals surface area contributed by atoms with Gasteiger partial charge in [0.25, 0.3) is 0 Å². The molecule has 17 heavy (non-hydrogen) atoms. The van der Waals surface area contributed by atoms with Gasteiger partial charge in [0.15, 0.2) is 0 Å². The summed E-state index contributed by atoms with van der Waals surface area (Å²) in [6.07, 6.45) is -0.735. The molecule has 1 aromatic rings. The van der Waals surface area contributed by atoms with E-state index >= 15 is 0 Å². The number of aliphatic hydroxyl groups is 2. The van der Waals surface area contributed by atoms with Gasteiger partial charge in [0.2, 0.25) is 0 Å². The van der Waals surface area contributed by atoms with Gasteiger partial charge in [-0.25, -0.2) is 0 Å². The summed E-state index contributed by atoms with van der Waals surface area (Å²) in [5, 5.41) is 42.9. The average molecular weight is 314 g/mol. The first-order valence-electron chi connectivity index (χ1n) is 3.89. The van der Waals surface area contributed by atoms with E-state index in [2.05, 4.69) is 0 Å². The normalized spacial score (nSPS) is 9.24. The standard InChI is InChI=1S/C8H10O2.BO3.3K/c9-6-8(10)7-4-2-1-3-5-7;2-1(3)4;;;/h1-5,8-10H,6H2;;;;/q;-3;3*+1/t8-;;;;/m0..../s1. The van der Waals surface area contributed by atoms with E-state index in [-0.39, 0.29) is 161 Å². The summed E-state index contributed by atoms with van der Waals surface area (Å²) in [7, 11) is -2.92. The Bertz CT molecular complexity index is 237. The van der Waals surface area contributed by atoms with Crippen molar-refractivity contribution in [3.05, 3.63) is 35.9 Å². The van der Waals surface area contributed by atoms with Crippen LogP contribution in [-0.4, -0.2) is 24.1 Å². The Labute approximate surface area is 229 Å². The Morgan fingerprint density at radius 1 is 1.00 bits per heavy atom. The topological polar surface area (TPSA) is 110 Å². The number of hydrogen-bond donors (Lipinski definition) is 2. The SMILES string of the molecule is OC[C@H](O)c1ccccc1.[K+].[K+].[K+].[O-]B([O-])[O-]. The Balaban J connectivity index is -0.000000108. The number of benzene rings is 1. The maximum atomic E-state index is 9.08. The van der Waals surface area contributed by atoms with E-state index in [9.17, 15) is 0 Å². The van der Waals surface area contributed by atoms with Gasteiger partial charge in [-0.1, -0.05) is 30.3 Å². The van der Waals surface area contributed by atoms with E-state index in [1.165, 1.54) is 0 Å². The minimum atomic E-state index is -2.92. The van der Waals surface area contributed by atoms with Crippen LogP contribution in [-0.2, 0) is 0 Å². The van der Waals surface area contributed by atoms with Gasteiger partial charge >= 0.3 is 154 Å². The van der Waals surface area contributed by atoms with Crippen molar-refractivity contribution in [2.24, 2.45) is 0 Å². The summed E-state index contributed by atoms with van der Waals surface area (Å²) < 4.78 is 0. The van der Waals surface area contributed by atoms with Crippen LogP contribution in [0.15, 0.2) is 30.3 Å². The second kappa shape index (κ2) is 20.0. The number of aliphatic hydroxyl groups excluding tert-OH is 2. The minimum Gasteiger partial charge on any atom is -0.907 e. The fourth-order valence-corrected chi connectivity index (χ4v) is 0.781. The first kappa shape index (κ1) is 29.1. The number of rotatable bonds is 2. The smallest absolute Gasteiger partial charge is 0.907 e. The van der Waals surface area contributed by atoms with E-state index in [1.54, 1.807) is 12.1 Å². The Morgan fingerprint density at radius 3 is 1.65 bits per heavy atom. The molecule has 0 unspecified atom stereocenters. The van der Waals surface area contributed by atoms with Crippen LogP contribution in [0.4, 0.5) is 0 Å². The molecule has 2 N–H and O–H groups in total. The van der Waals surface area contributed by atoms with Gasteiger partial charge in [0, 0.05) is 0 Å². The Kier molecular flexibility index (Phi) is 34.2. The van der Waals surface area contributed by atoms with Gasteiger partial charge < -0.3 is 25.3 Å². The van der Waals surface area contributed by atoms with Gasteiger partial charge in [0.1, 0.15) is 6.10 Å². The van der Waals surface area contributed by atoms with Crippen molar-refractivity contribution < 1.29 is 179 Å². The molecular formula is C8H10BK3O5. The van der Waals surface area contributed by atoms with Gasteiger partial charge in [-0.2, -0.15) is 0 Å². The maximum absolute atomic E-state index is 9.08. The second-order valence-electron chi connectivity index (χ2n) is 2.40. The summed E-state index contributed by atoms with van der Waals surface area (Å²) in [4.78, 5) is 0. The Hall–Kier alpha value is 3.99. The summed E-state index contributed by atoms with van der Waals surface area (Å²) in [6.45, 7) is -0.218. The van der Waals surface area contributed by atoms with Crippen molar-refractivity contribution in [2.75, 3.05) is 6.61 Å². The van der Waals surface area contributed by atoms with Crippen molar-refractivity contribution >= 4 is 7.32 Å². The molecule has 0 amide bonds. The molecule has 0 saturated carbocycles. The molecule has 1 aromatic carbocycles. The average Bonchev–Trinajstić information content (AvgIpc) is 2.17. The van der Waals surface area contributed by atoms with E-state index in [0.717, 1.165) is 5.56 Å². The third kappa shape index (κ3) is 20.0. The van der Waals surface area contributed by atoms with Crippen LogP contribution in [0.1, 0.15) is 11.7 Å². The summed E-state index contributed by atoms with van der Waals surface area (Å²) in [6, 6.07) is 9.08. The third-order valence-corrected chi connectivity index (χ3v) is 1.36. The predicted molar refractivity (Wildman–Crippen MR) is 44.2 cm³/mol. The molecule has 78 valence electrons. The van der Waals surface area contributed by atoms with Crippen molar-refractivity contribution in [1.82, 2.24) is 0 Å². The molecule has 0 fully saturated rings. The van der Waals surface area contributed by atoms with Gasteiger partial charge in [-0.3, -0.25) is 7.32 Å². The number of hydrogen-bond acceptors (Lipinski definition) is 5. The first-order chi connectivity index (χ1) is 6.57. The molecule has 9 heteroatoms.